The van der Waals surface area contributed by atoms with Crippen molar-refractivity contribution in [3.63, 3.8) is 0 Å². The molecule has 2 N–H and O–H groups in total. The molecule has 29 heavy (non-hydrogen) atoms. The lowest BCUT2D eigenvalue weighted by Gasteiger charge is -2.36. The highest BCUT2D eigenvalue weighted by atomic mass is 16.5. The maximum absolute atomic E-state index is 12.8. The number of carbonyl (C=O) groups is 3. The molecule has 0 saturated carbocycles. The maximum Gasteiger partial charge on any atom is 0.252 e. The number of likely N-dealkylation sites (tertiary alicyclic amines) is 1. The van der Waals surface area contributed by atoms with Crippen LogP contribution in [-0.2, 0) is 14.3 Å². The second-order valence-corrected chi connectivity index (χ2v) is 7.87. The van der Waals surface area contributed by atoms with Crippen LogP contribution in [0.5, 0.6) is 0 Å². The van der Waals surface area contributed by atoms with E-state index < -0.39 is 6.04 Å². The average Bonchev–Trinajstić information content (AvgIpc) is 2.71. The lowest BCUT2D eigenvalue weighted by atomic mass is 9.88. The maximum atomic E-state index is 12.8. The Morgan fingerprint density at radius 2 is 1.83 bits per heavy atom. The Balaban J connectivity index is 2.09. The van der Waals surface area contributed by atoms with E-state index in [1.165, 1.54) is 0 Å². The van der Waals surface area contributed by atoms with Crippen LogP contribution in [0.1, 0.15) is 42.6 Å². The van der Waals surface area contributed by atoms with E-state index in [1.807, 2.05) is 43.9 Å². The average molecular weight is 404 g/mol. The zero-order chi connectivity index (χ0) is 21.4. The molecule has 1 saturated heterocycles. The van der Waals surface area contributed by atoms with E-state index in [0.717, 1.165) is 5.56 Å². The van der Waals surface area contributed by atoms with Crippen molar-refractivity contribution in [2.75, 3.05) is 33.4 Å². The molecule has 1 aromatic rings. The summed E-state index contributed by atoms with van der Waals surface area (Å²) in [5.74, 6) is -0.399. The van der Waals surface area contributed by atoms with E-state index in [1.54, 1.807) is 13.2 Å². The van der Waals surface area contributed by atoms with Crippen LogP contribution < -0.4 is 10.6 Å². The summed E-state index contributed by atoms with van der Waals surface area (Å²) in [6.45, 7) is 7.65. The Hall–Kier alpha value is -2.41. The molecule has 0 aromatic heterocycles. The number of nitrogens with zero attached hydrogens (tertiary/aromatic N) is 1. The van der Waals surface area contributed by atoms with Crippen LogP contribution in [0.25, 0.3) is 0 Å². The summed E-state index contributed by atoms with van der Waals surface area (Å²) in [7, 11) is 1.57. The van der Waals surface area contributed by atoms with Gasteiger partial charge in [-0.05, 0) is 37.3 Å². The van der Waals surface area contributed by atoms with Crippen molar-refractivity contribution in [1.29, 1.82) is 0 Å². The number of amides is 3. The fraction of sp³-hybridized carbons (Fsp3) is 0.591. The minimum absolute atomic E-state index is 0.0262. The summed E-state index contributed by atoms with van der Waals surface area (Å²) < 4.78 is 5.00. The number of methoxy groups -OCH3 is 1. The molecular formula is C22H33N3O4. The lowest BCUT2D eigenvalue weighted by Crippen LogP contribution is -2.54. The van der Waals surface area contributed by atoms with Gasteiger partial charge >= 0.3 is 0 Å². The molecule has 0 bridgehead atoms. The Labute approximate surface area is 173 Å². The molecule has 7 nitrogen and oxygen atoms in total. The standard InChI is InChI=1S/C22H33N3O4/c1-15(2)22(28)25-12-9-17(10-13-25)19(21(27)23-11-14-29-4)24-20(26)18-8-6-5-7-16(18)3/h5-8,15,17,19H,9-14H2,1-4H3,(H,23,27)(H,24,26). The third-order valence-corrected chi connectivity index (χ3v) is 5.38. The summed E-state index contributed by atoms with van der Waals surface area (Å²) in [6.07, 6.45) is 1.35. The summed E-state index contributed by atoms with van der Waals surface area (Å²) >= 11 is 0. The third-order valence-electron chi connectivity index (χ3n) is 5.38. The fourth-order valence-electron chi connectivity index (χ4n) is 3.65. The molecule has 0 radical (unpaired) electrons. The van der Waals surface area contributed by atoms with Crippen molar-refractivity contribution in [1.82, 2.24) is 15.5 Å². The largest absolute Gasteiger partial charge is 0.383 e. The number of hydrogen-bond donors (Lipinski definition) is 2. The number of benzene rings is 1. The monoisotopic (exact) mass is 403 g/mol. The van der Waals surface area contributed by atoms with Crippen molar-refractivity contribution in [3.8, 4) is 0 Å². The van der Waals surface area contributed by atoms with E-state index >= 15 is 0 Å². The molecule has 1 unspecified atom stereocenters. The Morgan fingerprint density at radius 1 is 1.17 bits per heavy atom. The molecular weight excluding hydrogens is 370 g/mol. The summed E-state index contributed by atoms with van der Waals surface area (Å²) in [6, 6.07) is 6.68. The number of rotatable bonds is 8. The van der Waals surface area contributed by atoms with Crippen LogP contribution in [0.4, 0.5) is 0 Å². The van der Waals surface area contributed by atoms with Crippen molar-refractivity contribution in [2.45, 2.75) is 39.7 Å². The zero-order valence-electron chi connectivity index (χ0n) is 17.9. The second-order valence-electron chi connectivity index (χ2n) is 7.87. The zero-order valence-corrected chi connectivity index (χ0v) is 17.9. The van der Waals surface area contributed by atoms with E-state index in [0.29, 0.717) is 44.6 Å². The molecule has 1 heterocycles. The number of piperidine rings is 1. The highest BCUT2D eigenvalue weighted by Crippen LogP contribution is 2.23. The molecule has 160 valence electrons. The van der Waals surface area contributed by atoms with Gasteiger partial charge < -0.3 is 20.3 Å². The molecule has 1 aliphatic heterocycles. The van der Waals surface area contributed by atoms with Gasteiger partial charge in [0.2, 0.25) is 11.8 Å². The van der Waals surface area contributed by atoms with Gasteiger partial charge in [-0.15, -0.1) is 0 Å². The van der Waals surface area contributed by atoms with Gasteiger partial charge in [0.15, 0.2) is 0 Å². The van der Waals surface area contributed by atoms with Crippen LogP contribution in [0, 0.1) is 18.8 Å². The first-order valence-corrected chi connectivity index (χ1v) is 10.3. The predicted octanol–water partition coefficient (Wildman–Crippen LogP) is 1.75. The van der Waals surface area contributed by atoms with Gasteiger partial charge in [-0.3, -0.25) is 14.4 Å². The van der Waals surface area contributed by atoms with Gasteiger partial charge in [0.05, 0.1) is 6.61 Å². The van der Waals surface area contributed by atoms with Crippen LogP contribution in [-0.4, -0.2) is 62.0 Å². The molecule has 1 aromatic carbocycles. The molecule has 1 fully saturated rings. The highest BCUT2D eigenvalue weighted by Gasteiger charge is 2.34. The fourth-order valence-corrected chi connectivity index (χ4v) is 3.65. The van der Waals surface area contributed by atoms with Crippen LogP contribution in [0.15, 0.2) is 24.3 Å². The third kappa shape index (κ3) is 6.29. The Morgan fingerprint density at radius 3 is 2.41 bits per heavy atom. The molecule has 0 aliphatic carbocycles. The number of nitrogens with one attached hydrogen (secondary N) is 2. The van der Waals surface area contributed by atoms with E-state index in [2.05, 4.69) is 10.6 Å². The molecule has 1 aliphatic rings. The van der Waals surface area contributed by atoms with Crippen molar-refractivity contribution in [2.24, 2.45) is 11.8 Å². The minimum atomic E-state index is -0.643. The minimum Gasteiger partial charge on any atom is -0.383 e. The second kappa shape index (κ2) is 11.0. The van der Waals surface area contributed by atoms with Crippen LogP contribution in [0.3, 0.4) is 0 Å². The first-order valence-electron chi connectivity index (χ1n) is 10.3. The smallest absolute Gasteiger partial charge is 0.252 e. The lowest BCUT2D eigenvalue weighted by molar-refractivity contribution is -0.136. The quantitative estimate of drug-likeness (QED) is 0.648. The summed E-state index contributed by atoms with van der Waals surface area (Å²) in [4.78, 5) is 39.8. The van der Waals surface area contributed by atoms with Crippen molar-refractivity contribution >= 4 is 17.7 Å². The van der Waals surface area contributed by atoms with Gasteiger partial charge in [-0.25, -0.2) is 0 Å². The van der Waals surface area contributed by atoms with Crippen molar-refractivity contribution < 1.29 is 19.1 Å². The molecule has 7 heteroatoms. The predicted molar refractivity (Wildman–Crippen MR) is 111 cm³/mol. The van der Waals surface area contributed by atoms with Gasteiger partial charge in [0.1, 0.15) is 6.04 Å². The number of hydrogen-bond acceptors (Lipinski definition) is 4. The highest BCUT2D eigenvalue weighted by molar-refractivity contribution is 5.98. The van der Waals surface area contributed by atoms with Crippen molar-refractivity contribution in [3.05, 3.63) is 35.4 Å². The molecule has 3 amide bonds. The summed E-state index contributed by atoms with van der Waals surface area (Å²) in [5, 5.41) is 5.79. The van der Waals surface area contributed by atoms with Gasteiger partial charge in [0.25, 0.3) is 5.91 Å². The number of ether oxygens (including phenoxy) is 1. The normalized spacial score (nSPS) is 15.8. The molecule has 2 rings (SSSR count). The van der Waals surface area contributed by atoms with Crippen LogP contribution in [0.2, 0.25) is 0 Å². The Bertz CT molecular complexity index is 712. The van der Waals surface area contributed by atoms with E-state index in [4.69, 9.17) is 4.74 Å². The number of aryl methyl sites for hydroxylation is 1. The molecule has 0 spiro atoms. The topological polar surface area (TPSA) is 87.7 Å². The Kier molecular flexibility index (Phi) is 8.64. The van der Waals surface area contributed by atoms with Gasteiger partial charge in [0, 0.05) is 38.2 Å². The SMILES string of the molecule is COCCNC(=O)C(NC(=O)c1ccccc1C)C1CCN(C(=O)C(C)C)CC1. The molecule has 1 atom stereocenters. The summed E-state index contributed by atoms with van der Waals surface area (Å²) in [5.41, 5.74) is 1.43. The number of carbonyl (C=O) groups excluding carboxylic acids is 3. The van der Waals surface area contributed by atoms with Gasteiger partial charge in [-0.1, -0.05) is 32.0 Å². The van der Waals surface area contributed by atoms with Gasteiger partial charge in [-0.2, -0.15) is 0 Å². The first-order chi connectivity index (χ1) is 13.8. The van der Waals surface area contributed by atoms with E-state index in [9.17, 15) is 14.4 Å². The van der Waals surface area contributed by atoms with E-state index in [-0.39, 0.29) is 29.6 Å². The first kappa shape index (κ1) is 22.9. The van der Waals surface area contributed by atoms with Crippen LogP contribution >= 0.6 is 0 Å².